The quantitative estimate of drug-likeness (QED) is 0.724. The van der Waals surface area contributed by atoms with E-state index < -0.39 is 6.10 Å². The Balaban J connectivity index is 1.63. The zero-order valence-electron chi connectivity index (χ0n) is 9.98. The maximum absolute atomic E-state index is 9.69. The maximum atomic E-state index is 9.69. The third-order valence-electron chi connectivity index (χ3n) is 2.37. The van der Waals surface area contributed by atoms with E-state index in [0.29, 0.717) is 19.0 Å². The van der Waals surface area contributed by atoms with Gasteiger partial charge in [0.15, 0.2) is 0 Å². The Kier molecular flexibility index (Phi) is 4.62. The molecule has 18 heavy (non-hydrogen) atoms. The number of nitrogens with one attached hydrogen (secondary N) is 1. The molecule has 0 aliphatic rings. The minimum Gasteiger partial charge on any atom is -0.473 e. The summed E-state index contributed by atoms with van der Waals surface area (Å²) < 4.78 is 14.7. The number of hydrogen-bond donors (Lipinski definition) is 2. The summed E-state index contributed by atoms with van der Waals surface area (Å²) in [5.41, 5.74) is 1.06. The van der Waals surface area contributed by atoms with E-state index in [1.807, 2.05) is 13.1 Å². The SMILES string of the molecule is Cn1nccc1CNCC(O)COc1cnsn1. The van der Waals surface area contributed by atoms with E-state index in [1.165, 1.54) is 6.20 Å². The largest absolute Gasteiger partial charge is 0.473 e. The van der Waals surface area contributed by atoms with Crippen LogP contribution in [-0.2, 0) is 13.6 Å². The summed E-state index contributed by atoms with van der Waals surface area (Å²) in [7, 11) is 1.88. The molecule has 1 unspecified atom stereocenters. The summed E-state index contributed by atoms with van der Waals surface area (Å²) in [5.74, 6) is 0.450. The van der Waals surface area contributed by atoms with Crippen LogP contribution in [0.5, 0.6) is 5.88 Å². The van der Waals surface area contributed by atoms with E-state index in [1.54, 1.807) is 10.9 Å². The summed E-state index contributed by atoms with van der Waals surface area (Å²) in [6.07, 6.45) is 2.69. The monoisotopic (exact) mass is 269 g/mol. The molecule has 0 bridgehead atoms. The Hall–Kier alpha value is -1.51. The van der Waals surface area contributed by atoms with Crippen molar-refractivity contribution in [1.82, 2.24) is 23.8 Å². The third-order valence-corrected chi connectivity index (χ3v) is 2.83. The van der Waals surface area contributed by atoms with Crippen LogP contribution in [0.4, 0.5) is 0 Å². The van der Waals surface area contributed by atoms with Crippen molar-refractivity contribution in [1.29, 1.82) is 0 Å². The molecule has 0 saturated heterocycles. The fourth-order valence-corrected chi connectivity index (χ4v) is 1.77. The first-order chi connectivity index (χ1) is 8.75. The summed E-state index contributed by atoms with van der Waals surface area (Å²) in [4.78, 5) is 0. The van der Waals surface area contributed by atoms with Crippen LogP contribution in [0.2, 0.25) is 0 Å². The molecule has 2 aromatic heterocycles. The van der Waals surface area contributed by atoms with E-state index in [4.69, 9.17) is 4.74 Å². The molecule has 0 amide bonds. The van der Waals surface area contributed by atoms with Gasteiger partial charge in [0.05, 0.1) is 17.4 Å². The molecule has 8 heteroatoms. The number of aliphatic hydroxyl groups is 1. The van der Waals surface area contributed by atoms with Crippen molar-refractivity contribution >= 4 is 11.7 Å². The molecule has 0 aliphatic heterocycles. The van der Waals surface area contributed by atoms with Gasteiger partial charge in [-0.3, -0.25) is 4.68 Å². The van der Waals surface area contributed by atoms with Crippen LogP contribution < -0.4 is 10.1 Å². The van der Waals surface area contributed by atoms with Crippen molar-refractivity contribution in [3.63, 3.8) is 0 Å². The highest BCUT2D eigenvalue weighted by atomic mass is 32.1. The molecular formula is C10H15N5O2S. The Morgan fingerprint density at radius 3 is 3.17 bits per heavy atom. The predicted octanol–water partition coefficient (Wildman–Crippen LogP) is -0.199. The summed E-state index contributed by atoms with van der Waals surface area (Å²) in [6.45, 7) is 1.30. The van der Waals surface area contributed by atoms with E-state index >= 15 is 0 Å². The van der Waals surface area contributed by atoms with Gasteiger partial charge in [-0.25, -0.2) is 0 Å². The standard InChI is InChI=1S/C10H15N5O2S/c1-15-8(2-3-12-15)4-11-5-9(16)7-17-10-6-13-18-14-10/h2-3,6,9,11,16H,4-5,7H2,1H3. The lowest BCUT2D eigenvalue weighted by Gasteiger charge is -2.11. The third kappa shape index (κ3) is 3.76. The second-order valence-electron chi connectivity index (χ2n) is 3.79. The highest BCUT2D eigenvalue weighted by molar-refractivity contribution is 6.99. The van der Waals surface area contributed by atoms with Crippen LogP contribution in [0.15, 0.2) is 18.5 Å². The summed E-state index contributed by atoms with van der Waals surface area (Å²) >= 11 is 1.08. The van der Waals surface area contributed by atoms with E-state index in [2.05, 4.69) is 19.2 Å². The first-order valence-electron chi connectivity index (χ1n) is 5.51. The van der Waals surface area contributed by atoms with Crippen LogP contribution in [-0.4, -0.2) is 42.9 Å². The number of rotatable bonds is 7. The molecular weight excluding hydrogens is 254 g/mol. The van der Waals surface area contributed by atoms with Crippen molar-refractivity contribution in [2.45, 2.75) is 12.6 Å². The van der Waals surface area contributed by atoms with Gasteiger partial charge < -0.3 is 15.2 Å². The van der Waals surface area contributed by atoms with E-state index in [-0.39, 0.29) is 6.61 Å². The van der Waals surface area contributed by atoms with Gasteiger partial charge in [-0.15, -0.1) is 4.37 Å². The van der Waals surface area contributed by atoms with Crippen molar-refractivity contribution in [2.75, 3.05) is 13.2 Å². The molecule has 1 atom stereocenters. The number of ether oxygens (including phenoxy) is 1. The summed E-state index contributed by atoms with van der Waals surface area (Å²) in [5, 5.41) is 16.9. The van der Waals surface area contributed by atoms with Gasteiger partial charge in [-0.05, 0) is 6.07 Å². The molecule has 2 heterocycles. The Bertz CT molecular complexity index is 459. The topological polar surface area (TPSA) is 85.1 Å². The van der Waals surface area contributed by atoms with Crippen LogP contribution >= 0.6 is 11.7 Å². The molecule has 2 N–H and O–H groups in total. The minimum atomic E-state index is -0.583. The Morgan fingerprint density at radius 1 is 1.61 bits per heavy atom. The van der Waals surface area contributed by atoms with Crippen molar-refractivity contribution in [3.05, 3.63) is 24.2 Å². The van der Waals surface area contributed by atoms with Gasteiger partial charge in [0, 0.05) is 26.3 Å². The lowest BCUT2D eigenvalue weighted by molar-refractivity contribution is 0.104. The molecule has 2 aromatic rings. The van der Waals surface area contributed by atoms with Gasteiger partial charge in [0.1, 0.15) is 18.9 Å². The van der Waals surface area contributed by atoms with Crippen molar-refractivity contribution in [2.24, 2.45) is 7.05 Å². The number of aryl methyl sites for hydroxylation is 1. The lowest BCUT2D eigenvalue weighted by atomic mass is 10.3. The van der Waals surface area contributed by atoms with Crippen LogP contribution in [0, 0.1) is 0 Å². The average Bonchev–Trinajstić information content (AvgIpc) is 2.99. The number of aliphatic hydroxyl groups excluding tert-OH is 1. The predicted molar refractivity (Wildman–Crippen MR) is 66.3 cm³/mol. The number of nitrogens with zero attached hydrogens (tertiary/aromatic N) is 4. The lowest BCUT2D eigenvalue weighted by Crippen LogP contribution is -2.31. The molecule has 7 nitrogen and oxygen atoms in total. The Morgan fingerprint density at radius 2 is 2.50 bits per heavy atom. The van der Waals surface area contributed by atoms with Crippen molar-refractivity contribution in [3.8, 4) is 5.88 Å². The van der Waals surface area contributed by atoms with Gasteiger partial charge in [-0.2, -0.15) is 9.47 Å². The zero-order valence-corrected chi connectivity index (χ0v) is 10.8. The molecule has 0 fully saturated rings. The fraction of sp³-hybridized carbons (Fsp3) is 0.500. The van der Waals surface area contributed by atoms with Gasteiger partial charge in [0.2, 0.25) is 5.88 Å². The normalized spacial score (nSPS) is 12.6. The van der Waals surface area contributed by atoms with Gasteiger partial charge in [0.25, 0.3) is 0 Å². The second-order valence-corrected chi connectivity index (χ2v) is 4.34. The molecule has 0 radical (unpaired) electrons. The highest BCUT2D eigenvalue weighted by Crippen LogP contribution is 2.05. The molecule has 2 rings (SSSR count). The van der Waals surface area contributed by atoms with Gasteiger partial charge in [-0.1, -0.05) is 0 Å². The summed E-state index contributed by atoms with van der Waals surface area (Å²) in [6, 6.07) is 1.93. The smallest absolute Gasteiger partial charge is 0.245 e. The van der Waals surface area contributed by atoms with Crippen LogP contribution in [0.1, 0.15) is 5.69 Å². The van der Waals surface area contributed by atoms with E-state index in [9.17, 15) is 5.11 Å². The molecule has 0 aromatic carbocycles. The Labute approximate surface area is 109 Å². The van der Waals surface area contributed by atoms with Gasteiger partial charge >= 0.3 is 0 Å². The van der Waals surface area contributed by atoms with Crippen molar-refractivity contribution < 1.29 is 9.84 Å². The molecule has 0 saturated carbocycles. The molecule has 0 aliphatic carbocycles. The van der Waals surface area contributed by atoms with Crippen LogP contribution in [0.3, 0.4) is 0 Å². The fourth-order valence-electron chi connectivity index (χ4n) is 1.40. The number of aromatic nitrogens is 4. The zero-order chi connectivity index (χ0) is 12.8. The van der Waals surface area contributed by atoms with E-state index in [0.717, 1.165) is 17.4 Å². The average molecular weight is 269 g/mol. The first kappa shape index (κ1) is 12.9. The molecule has 0 spiro atoms. The maximum Gasteiger partial charge on any atom is 0.245 e. The number of hydrogen-bond acceptors (Lipinski definition) is 7. The second kappa shape index (κ2) is 6.43. The highest BCUT2D eigenvalue weighted by Gasteiger charge is 2.06. The molecule has 98 valence electrons. The minimum absolute atomic E-state index is 0.198. The first-order valence-corrected chi connectivity index (χ1v) is 6.25. The van der Waals surface area contributed by atoms with Crippen LogP contribution in [0.25, 0.3) is 0 Å².